The second-order valence-electron chi connectivity index (χ2n) is 5.64. The largest absolute Gasteiger partial charge is 0.485 e. The lowest BCUT2D eigenvalue weighted by Gasteiger charge is -2.05. The number of carbonyl (C=O) groups is 1. The van der Waals surface area contributed by atoms with E-state index in [2.05, 4.69) is 4.72 Å². The summed E-state index contributed by atoms with van der Waals surface area (Å²) in [7, 11) is -6.50. The lowest BCUT2D eigenvalue weighted by molar-refractivity contribution is 0.0925. The van der Waals surface area contributed by atoms with Gasteiger partial charge in [0.2, 0.25) is 15.8 Å². The third kappa shape index (κ3) is 6.52. The molecule has 7 nitrogen and oxygen atoms in total. The molecule has 0 aliphatic heterocycles. The highest BCUT2D eigenvalue weighted by Crippen LogP contribution is 2.19. The van der Waals surface area contributed by atoms with E-state index in [4.69, 9.17) is 4.74 Å². The molecule has 0 aliphatic carbocycles. The Hall–Kier alpha value is -1.75. The molecule has 0 atom stereocenters. The van der Waals surface area contributed by atoms with Crippen molar-refractivity contribution in [2.24, 2.45) is 0 Å². The number of hydrogen-bond donors (Lipinski definition) is 1. The lowest BCUT2D eigenvalue weighted by Crippen LogP contribution is -2.24. The van der Waals surface area contributed by atoms with E-state index in [1.54, 1.807) is 12.1 Å². The zero-order valence-electron chi connectivity index (χ0n) is 14.3. The van der Waals surface area contributed by atoms with Crippen LogP contribution in [-0.2, 0) is 26.3 Å². The summed E-state index contributed by atoms with van der Waals surface area (Å²) in [5, 5.41) is 0. The van der Waals surface area contributed by atoms with Gasteiger partial charge in [-0.2, -0.15) is 0 Å². The van der Waals surface area contributed by atoms with Crippen molar-refractivity contribution < 1.29 is 26.4 Å². The van der Waals surface area contributed by atoms with Crippen molar-refractivity contribution >= 4 is 37.0 Å². The smallest absolute Gasteiger partial charge is 0.210 e. The lowest BCUT2D eigenvalue weighted by atomic mass is 10.3. The molecule has 0 amide bonds. The first-order valence-corrected chi connectivity index (χ1v) is 12.1. The van der Waals surface area contributed by atoms with Crippen LogP contribution in [0, 0.1) is 0 Å². The highest BCUT2D eigenvalue weighted by Gasteiger charge is 2.12. The van der Waals surface area contributed by atoms with Gasteiger partial charge in [0.1, 0.15) is 5.75 Å². The molecule has 0 fully saturated rings. The Morgan fingerprint density at radius 2 is 1.69 bits per heavy atom. The SMILES string of the molecule is CS(=O)(=O)NCCc1ccc(C(=O)COc2ccc(S(C)(=O)=O)cc2)s1. The van der Waals surface area contributed by atoms with E-state index in [1.807, 2.05) is 0 Å². The van der Waals surface area contributed by atoms with Crippen LogP contribution in [0.4, 0.5) is 0 Å². The molecule has 2 rings (SSSR count). The number of sulfone groups is 1. The van der Waals surface area contributed by atoms with Gasteiger partial charge in [-0.05, 0) is 42.8 Å². The molecule has 0 radical (unpaired) electrons. The van der Waals surface area contributed by atoms with E-state index in [0.29, 0.717) is 17.0 Å². The summed E-state index contributed by atoms with van der Waals surface area (Å²) >= 11 is 1.29. The first kappa shape index (κ1) is 20.6. The Morgan fingerprint density at radius 3 is 2.27 bits per heavy atom. The summed E-state index contributed by atoms with van der Waals surface area (Å²) in [6.45, 7) is 0.107. The van der Waals surface area contributed by atoms with Crippen LogP contribution >= 0.6 is 11.3 Å². The molecule has 0 saturated carbocycles. The maximum Gasteiger partial charge on any atom is 0.210 e. The summed E-state index contributed by atoms with van der Waals surface area (Å²) in [5.41, 5.74) is 0. The van der Waals surface area contributed by atoms with E-state index in [9.17, 15) is 21.6 Å². The molecular weight excluding hydrogens is 398 g/mol. The molecule has 1 heterocycles. The summed E-state index contributed by atoms with van der Waals surface area (Å²) < 4.78 is 52.6. The van der Waals surface area contributed by atoms with Crippen molar-refractivity contribution in [2.75, 3.05) is 25.7 Å². The van der Waals surface area contributed by atoms with Crippen LogP contribution in [0.1, 0.15) is 14.5 Å². The molecular formula is C16H19NO6S3. The zero-order valence-corrected chi connectivity index (χ0v) is 16.7. The summed E-state index contributed by atoms with van der Waals surface area (Å²) in [4.78, 5) is 13.8. The number of rotatable bonds is 9. The van der Waals surface area contributed by atoms with E-state index in [0.717, 1.165) is 17.4 Å². The van der Waals surface area contributed by atoms with Gasteiger partial charge >= 0.3 is 0 Å². The fourth-order valence-corrected chi connectivity index (χ4v) is 4.06. The second kappa shape index (κ2) is 8.30. The van der Waals surface area contributed by atoms with Crippen molar-refractivity contribution in [1.82, 2.24) is 4.72 Å². The van der Waals surface area contributed by atoms with Gasteiger partial charge in [-0.3, -0.25) is 4.79 Å². The molecule has 0 bridgehead atoms. The maximum atomic E-state index is 12.2. The number of carbonyl (C=O) groups excluding carboxylic acids is 1. The normalized spacial score (nSPS) is 12.1. The summed E-state index contributed by atoms with van der Waals surface area (Å²) in [6.07, 6.45) is 2.71. The third-order valence-electron chi connectivity index (χ3n) is 3.29. The van der Waals surface area contributed by atoms with Crippen LogP contribution in [0.2, 0.25) is 0 Å². The molecule has 142 valence electrons. The fraction of sp³-hybridized carbons (Fsp3) is 0.312. The second-order valence-corrected chi connectivity index (χ2v) is 10.7. The maximum absolute atomic E-state index is 12.2. The van der Waals surface area contributed by atoms with E-state index < -0.39 is 19.9 Å². The summed E-state index contributed by atoms with van der Waals surface area (Å²) in [6, 6.07) is 9.31. The summed E-state index contributed by atoms with van der Waals surface area (Å²) in [5.74, 6) is 0.199. The van der Waals surface area contributed by atoms with E-state index >= 15 is 0 Å². The van der Waals surface area contributed by atoms with Gasteiger partial charge in [-0.1, -0.05) is 0 Å². The van der Waals surface area contributed by atoms with Gasteiger partial charge in [-0.15, -0.1) is 11.3 Å². The fourth-order valence-electron chi connectivity index (χ4n) is 2.02. The van der Waals surface area contributed by atoms with Gasteiger partial charge in [0.05, 0.1) is 16.0 Å². The first-order chi connectivity index (χ1) is 12.0. The Balaban J connectivity index is 1.88. The molecule has 2 aromatic rings. The first-order valence-electron chi connectivity index (χ1n) is 7.54. The number of thiophene rings is 1. The van der Waals surface area contributed by atoms with Gasteiger partial charge in [0.15, 0.2) is 16.4 Å². The molecule has 26 heavy (non-hydrogen) atoms. The molecule has 10 heteroatoms. The number of ketones is 1. The number of nitrogens with one attached hydrogen (secondary N) is 1. The van der Waals surface area contributed by atoms with Gasteiger partial charge < -0.3 is 4.74 Å². The molecule has 0 saturated heterocycles. The standard InChI is InChI=1S/C16H19NO6S3/c1-25(19,20)14-6-3-12(4-7-14)23-11-15(18)16-8-5-13(24-16)9-10-17-26(2,21)22/h3-8,17H,9-11H2,1-2H3. The number of sulfonamides is 1. The van der Waals surface area contributed by atoms with Gasteiger partial charge in [-0.25, -0.2) is 21.6 Å². The van der Waals surface area contributed by atoms with Crippen LogP contribution in [0.25, 0.3) is 0 Å². The molecule has 1 aromatic heterocycles. The van der Waals surface area contributed by atoms with Crippen molar-refractivity contribution in [3.63, 3.8) is 0 Å². The van der Waals surface area contributed by atoms with Crippen molar-refractivity contribution in [2.45, 2.75) is 11.3 Å². The minimum atomic E-state index is -3.27. The zero-order chi connectivity index (χ0) is 19.4. The van der Waals surface area contributed by atoms with Crippen molar-refractivity contribution in [1.29, 1.82) is 0 Å². The third-order valence-corrected chi connectivity index (χ3v) is 6.34. The monoisotopic (exact) mass is 417 g/mol. The van der Waals surface area contributed by atoms with Crippen LogP contribution in [-0.4, -0.2) is 48.3 Å². The van der Waals surface area contributed by atoms with Crippen molar-refractivity contribution in [3.05, 3.63) is 46.2 Å². The Labute approximate surface area is 157 Å². The number of hydrogen-bond acceptors (Lipinski definition) is 7. The van der Waals surface area contributed by atoms with E-state index in [-0.39, 0.29) is 23.8 Å². The molecule has 0 unspecified atom stereocenters. The predicted molar refractivity (Wildman–Crippen MR) is 100 cm³/mol. The minimum Gasteiger partial charge on any atom is -0.485 e. The average Bonchev–Trinajstić information content (AvgIpc) is 3.00. The molecule has 1 N–H and O–H groups in total. The van der Waals surface area contributed by atoms with E-state index in [1.165, 1.54) is 35.6 Å². The average molecular weight is 418 g/mol. The van der Waals surface area contributed by atoms with Crippen LogP contribution in [0.15, 0.2) is 41.3 Å². The highest BCUT2D eigenvalue weighted by molar-refractivity contribution is 7.90. The Morgan fingerprint density at radius 1 is 1.04 bits per heavy atom. The number of benzene rings is 1. The number of Topliss-reactive ketones (excluding diaryl/α,β-unsaturated/α-hetero) is 1. The quantitative estimate of drug-likeness (QED) is 0.620. The highest BCUT2D eigenvalue weighted by atomic mass is 32.2. The molecule has 0 spiro atoms. The molecule has 0 aliphatic rings. The minimum absolute atomic E-state index is 0.167. The molecule has 1 aromatic carbocycles. The van der Waals surface area contributed by atoms with Crippen molar-refractivity contribution in [3.8, 4) is 5.75 Å². The van der Waals surface area contributed by atoms with Crippen LogP contribution in [0.3, 0.4) is 0 Å². The van der Waals surface area contributed by atoms with Crippen LogP contribution < -0.4 is 9.46 Å². The predicted octanol–water partition coefficient (Wildman–Crippen LogP) is 1.51. The van der Waals surface area contributed by atoms with Gasteiger partial charge in [0.25, 0.3) is 0 Å². The van der Waals surface area contributed by atoms with Gasteiger partial charge in [0, 0.05) is 17.7 Å². The topological polar surface area (TPSA) is 107 Å². The van der Waals surface area contributed by atoms with Crippen LogP contribution in [0.5, 0.6) is 5.75 Å². The Kier molecular flexibility index (Phi) is 6.56. The number of ether oxygens (including phenoxy) is 1. The Bertz CT molecular complexity index is 975.